The van der Waals surface area contributed by atoms with Gasteiger partial charge in [0.1, 0.15) is 41.8 Å². The van der Waals surface area contributed by atoms with Crippen molar-refractivity contribution in [1.82, 2.24) is 55.6 Å². The van der Waals surface area contributed by atoms with Crippen molar-refractivity contribution < 1.29 is 65.9 Å². The average Bonchev–Trinajstić information content (AvgIpc) is 1.78. The molecule has 1 spiro atoms. The summed E-state index contributed by atoms with van der Waals surface area (Å²) in [5, 5.41) is 10.9. The number of rotatable bonds is 10. The van der Waals surface area contributed by atoms with E-state index in [-0.39, 0.29) is 63.8 Å². The fourth-order valence-electron chi connectivity index (χ4n) is 12.3. The fourth-order valence-corrected chi connectivity index (χ4v) is 12.6. The number of nitrogens with zero attached hydrogens (tertiary/aromatic N) is 7. The maximum atomic E-state index is 15.0. The van der Waals surface area contributed by atoms with Gasteiger partial charge in [0.2, 0.25) is 65.0 Å². The third kappa shape index (κ3) is 19.1. The first-order chi connectivity index (χ1) is 42.5. The SMILES string of the molecule is CCC(C)[C@@H]1NC(=O)[C@H](CC(C)C)N(C)C(=O)C[C@@H](C)NC(=O)[C@H](C(C)C)N(C)C(=O)C2(CCCC2)NC(=O)[C@@H]2CCCN2C(=O)[C@H](CCc2ccc(C(F)(F)F)c(Cl)c2)NC(=O)CN(C)C(=O)[C@H](Cc2ccccc2C)N(C)C(=O)CN(C)C(=O)CN(C)C1=O. The van der Waals surface area contributed by atoms with Crippen molar-refractivity contribution in [3.8, 4) is 0 Å². The molecule has 1 aliphatic carbocycles. The minimum absolute atomic E-state index is 0.0373. The number of carbonyl (C=O) groups excluding carboxylic acids is 11. The number of benzene rings is 2. The summed E-state index contributed by atoms with van der Waals surface area (Å²) in [6.07, 6.45) is -2.75. The molecule has 2 heterocycles. The second-order valence-electron chi connectivity index (χ2n) is 26.0. The Kier molecular flexibility index (Phi) is 26.4. The van der Waals surface area contributed by atoms with Crippen molar-refractivity contribution in [2.24, 2.45) is 17.8 Å². The summed E-state index contributed by atoms with van der Waals surface area (Å²) in [6, 6.07) is 2.29. The molecule has 2 aromatic rings. The third-order valence-corrected chi connectivity index (χ3v) is 18.3. The van der Waals surface area contributed by atoms with Gasteiger partial charge in [-0.15, -0.1) is 0 Å². The van der Waals surface area contributed by atoms with E-state index >= 15 is 4.79 Å². The van der Waals surface area contributed by atoms with Crippen LogP contribution in [0.4, 0.5) is 13.2 Å². The third-order valence-electron chi connectivity index (χ3n) is 18.0. The minimum atomic E-state index is -4.75. The van der Waals surface area contributed by atoms with E-state index < -0.39 is 161 Å². The highest BCUT2D eigenvalue weighted by molar-refractivity contribution is 6.31. The van der Waals surface area contributed by atoms with Gasteiger partial charge in [-0.2, -0.15) is 13.2 Å². The summed E-state index contributed by atoms with van der Waals surface area (Å²) in [5.74, 6) is -8.19. The van der Waals surface area contributed by atoms with Gasteiger partial charge >= 0.3 is 6.18 Å². The molecule has 8 atom stereocenters. The van der Waals surface area contributed by atoms with Gasteiger partial charge in [-0.1, -0.05) is 103 Å². The maximum absolute atomic E-state index is 15.0. The smallest absolute Gasteiger partial charge is 0.351 e. The number of carbonyl (C=O) groups is 11. The topological polar surface area (TPSA) is 259 Å². The first kappa shape index (κ1) is 74.4. The zero-order chi connectivity index (χ0) is 68.1. The van der Waals surface area contributed by atoms with Crippen molar-refractivity contribution in [2.45, 2.75) is 186 Å². The van der Waals surface area contributed by atoms with Crippen LogP contribution >= 0.6 is 11.6 Å². The first-order valence-electron chi connectivity index (χ1n) is 31.5. The van der Waals surface area contributed by atoms with E-state index in [1.54, 1.807) is 45.9 Å². The molecule has 26 heteroatoms. The van der Waals surface area contributed by atoms with E-state index in [0.717, 1.165) is 32.4 Å². The lowest BCUT2D eigenvalue weighted by molar-refractivity contribution is -0.149. The van der Waals surface area contributed by atoms with Crippen LogP contribution in [0.2, 0.25) is 5.02 Å². The predicted octanol–water partition coefficient (Wildman–Crippen LogP) is 4.74. The van der Waals surface area contributed by atoms with E-state index in [4.69, 9.17) is 11.6 Å². The highest BCUT2D eigenvalue weighted by Crippen LogP contribution is 2.36. The van der Waals surface area contributed by atoms with Gasteiger partial charge in [0, 0.05) is 67.7 Å². The Labute approximate surface area is 538 Å². The molecule has 1 saturated carbocycles. The Morgan fingerprint density at radius 2 is 1.30 bits per heavy atom. The number of nitrogens with one attached hydrogen (secondary N) is 4. The largest absolute Gasteiger partial charge is 0.417 e. The van der Waals surface area contributed by atoms with Crippen LogP contribution in [0.5, 0.6) is 0 Å². The van der Waals surface area contributed by atoms with Gasteiger partial charge in [-0.25, -0.2) is 0 Å². The molecule has 91 heavy (non-hydrogen) atoms. The Hall–Kier alpha value is -7.31. The number of hydrogen-bond donors (Lipinski definition) is 4. The Bertz CT molecular complexity index is 3000. The molecule has 0 aromatic heterocycles. The molecule has 11 amide bonds. The molecule has 2 aliphatic heterocycles. The summed E-state index contributed by atoms with van der Waals surface area (Å²) < 4.78 is 41.3. The number of aryl methyl sites for hydroxylation is 2. The second kappa shape index (κ2) is 32.3. The molecule has 22 nitrogen and oxygen atoms in total. The van der Waals surface area contributed by atoms with Crippen LogP contribution in [-0.2, 0) is 71.8 Å². The van der Waals surface area contributed by atoms with Gasteiger partial charge in [0.25, 0.3) is 0 Å². The lowest BCUT2D eigenvalue weighted by Crippen LogP contribution is -2.64. The standard InChI is InChI=1S/C65H95ClF3N11O11/c1-15-40(6)55-62(90)76(11)36-53(83)74(9)37-54(84)78(13)50(34-44-22-17-16-21-41(44)7)61(89)75(10)35-51(81)71-47(27-25-43-24-26-45(46(66)33-43)65(67,68)69)60(88)80-30-20-23-48(80)58(86)73-64(28-18-19-29-64)63(91)79(14)56(39(4)5)59(87)70-42(8)32-52(82)77(12)49(31-38(2)3)57(85)72-55/h16-17,21-22,24,26,33,38-40,42,47-50,55-56H,15,18-20,23,25,27-32,34-37H2,1-14H3,(H,70,87)(H,71,81)(H,72,85)(H,73,86)/t40?,42-,47+,48+,49+,50+,55+,56+/m1/s1. The molecule has 4 N–H and O–H groups in total. The van der Waals surface area contributed by atoms with Gasteiger partial charge < -0.3 is 55.6 Å². The first-order valence-corrected chi connectivity index (χ1v) is 31.9. The van der Waals surface area contributed by atoms with E-state index in [1.165, 1.54) is 68.0 Å². The van der Waals surface area contributed by atoms with Crippen LogP contribution in [0.3, 0.4) is 0 Å². The zero-order valence-corrected chi connectivity index (χ0v) is 56.0. The van der Waals surface area contributed by atoms with Gasteiger partial charge in [-0.05, 0) is 105 Å². The summed E-state index contributed by atoms with van der Waals surface area (Å²) in [6.45, 7) is 12.6. The average molecular weight is 1300 g/mol. The molecular weight excluding hydrogens is 1200 g/mol. The van der Waals surface area contributed by atoms with E-state index in [2.05, 4.69) is 21.3 Å². The Morgan fingerprint density at radius 3 is 1.89 bits per heavy atom. The fraction of sp³-hybridized carbons (Fsp3) is 0.646. The molecule has 2 aromatic carbocycles. The number of alkyl halides is 3. The van der Waals surface area contributed by atoms with Crippen molar-refractivity contribution in [3.05, 3.63) is 69.7 Å². The molecule has 1 unspecified atom stereocenters. The summed E-state index contributed by atoms with van der Waals surface area (Å²) in [4.78, 5) is 168. The number of halogens is 4. The minimum Gasteiger partial charge on any atom is -0.351 e. The van der Waals surface area contributed by atoms with Crippen molar-refractivity contribution in [3.63, 3.8) is 0 Å². The number of likely N-dealkylation sites (N-methyl/N-ethyl adjacent to an activating group) is 6. The number of amides is 11. The summed E-state index contributed by atoms with van der Waals surface area (Å²) in [5.41, 5.74) is -0.814. The lowest BCUT2D eigenvalue weighted by atomic mass is 9.92. The molecule has 504 valence electrons. The lowest BCUT2D eigenvalue weighted by Gasteiger charge is -2.39. The van der Waals surface area contributed by atoms with Gasteiger partial charge in [-0.3, -0.25) is 52.7 Å². The Balaban J connectivity index is 1.56. The molecule has 0 radical (unpaired) electrons. The van der Waals surface area contributed by atoms with Gasteiger partial charge in [0.05, 0.1) is 30.2 Å². The van der Waals surface area contributed by atoms with Crippen LogP contribution in [0, 0.1) is 24.7 Å². The predicted molar refractivity (Wildman–Crippen MR) is 336 cm³/mol. The second-order valence-corrected chi connectivity index (χ2v) is 26.4. The van der Waals surface area contributed by atoms with Crippen LogP contribution in [0.25, 0.3) is 0 Å². The van der Waals surface area contributed by atoms with Crippen molar-refractivity contribution in [2.75, 3.05) is 68.5 Å². The highest BCUT2D eigenvalue weighted by Gasteiger charge is 2.49. The van der Waals surface area contributed by atoms with Crippen LogP contribution in [0.1, 0.15) is 135 Å². The quantitative estimate of drug-likeness (QED) is 0.253. The zero-order valence-electron chi connectivity index (χ0n) is 55.3. The van der Waals surface area contributed by atoms with Crippen molar-refractivity contribution >= 4 is 76.6 Å². The highest BCUT2D eigenvalue weighted by atomic mass is 35.5. The number of hydrogen-bond acceptors (Lipinski definition) is 11. The molecule has 2 saturated heterocycles. The number of fused-ring (bicyclic) bond motifs is 1. The van der Waals surface area contributed by atoms with Crippen molar-refractivity contribution in [1.29, 1.82) is 0 Å². The molecule has 5 rings (SSSR count). The van der Waals surface area contributed by atoms with E-state index in [0.29, 0.717) is 36.8 Å². The monoisotopic (exact) mass is 1300 g/mol. The van der Waals surface area contributed by atoms with E-state index in [1.807, 2.05) is 33.8 Å². The molecule has 0 bridgehead atoms. The van der Waals surface area contributed by atoms with Gasteiger partial charge in [0.15, 0.2) is 0 Å². The summed E-state index contributed by atoms with van der Waals surface area (Å²) in [7, 11) is 8.39. The van der Waals surface area contributed by atoms with Crippen LogP contribution in [-0.4, -0.2) is 216 Å². The molecular formula is C65H95ClF3N11O11. The maximum Gasteiger partial charge on any atom is 0.417 e. The Morgan fingerprint density at radius 1 is 0.681 bits per heavy atom. The molecule has 3 fully saturated rings. The van der Waals surface area contributed by atoms with E-state index in [9.17, 15) is 61.1 Å². The van der Waals surface area contributed by atoms with Crippen LogP contribution in [0.15, 0.2) is 42.5 Å². The van der Waals surface area contributed by atoms with Crippen LogP contribution < -0.4 is 21.3 Å². The summed E-state index contributed by atoms with van der Waals surface area (Å²) >= 11 is 6.11. The molecule has 3 aliphatic rings. The normalized spacial score (nSPS) is 24.9.